The van der Waals surface area contributed by atoms with E-state index in [0.717, 1.165) is 4.90 Å². The maximum absolute atomic E-state index is 9.49. The van der Waals surface area contributed by atoms with Crippen molar-refractivity contribution in [2.45, 2.75) is 36.4 Å². The molecule has 4 heteroatoms. The van der Waals surface area contributed by atoms with Crippen LogP contribution in [0.3, 0.4) is 0 Å². The van der Waals surface area contributed by atoms with Gasteiger partial charge in [0.2, 0.25) is 1.43 Å². The number of hydrogen-bond donors (Lipinski definition) is 1. The zero-order valence-electron chi connectivity index (χ0n) is 21.0. The molecular formula is C18H21NO3. The molecule has 1 spiro atoms. The number of likely N-dealkylation sites (tertiary alicyclic amines) is 1. The molecule has 4 nitrogen and oxygen atoms in total. The predicted octanol–water partition coefficient (Wildman–Crippen LogP) is 1.50. The second-order valence-corrected chi connectivity index (χ2v) is 5.96. The monoisotopic (exact) mass is 308 g/mol. The summed E-state index contributed by atoms with van der Waals surface area (Å²) in [7, 11) is 1.39. The second-order valence-electron chi connectivity index (χ2n) is 5.96. The molecule has 1 aromatic rings. The Morgan fingerprint density at radius 1 is 1.59 bits per heavy atom. The van der Waals surface area contributed by atoms with Crippen LogP contribution >= 0.6 is 0 Å². The van der Waals surface area contributed by atoms with Crippen LogP contribution in [0.5, 0.6) is 11.5 Å². The number of ether oxygens (including phenoxy) is 2. The lowest BCUT2D eigenvalue weighted by Gasteiger charge is -2.56. The molecule has 1 N–H and O–H groups in total. The van der Waals surface area contributed by atoms with Gasteiger partial charge in [0.05, 0.1) is 8.48 Å². The van der Waals surface area contributed by atoms with E-state index in [1.54, 1.807) is 0 Å². The Hall–Kier alpha value is -1.52. The van der Waals surface area contributed by atoms with E-state index < -0.39 is 42.9 Å². The maximum atomic E-state index is 9.49. The minimum atomic E-state index is -2.85. The highest BCUT2D eigenvalue weighted by Gasteiger charge is 2.64. The lowest BCUT2D eigenvalue weighted by Crippen LogP contribution is -2.64. The average molecular weight is 308 g/mol. The molecule has 0 saturated carbocycles. The Labute approximate surface area is 143 Å². The molecule has 5 rings (SSSR count). The summed E-state index contributed by atoms with van der Waals surface area (Å²) in [4.78, 5) is 0.746. The molecule has 1 fully saturated rings. The van der Waals surface area contributed by atoms with Gasteiger partial charge in [0, 0.05) is 32.5 Å². The van der Waals surface area contributed by atoms with E-state index in [9.17, 15) is 4.11 Å². The average Bonchev–Trinajstić information content (AvgIpc) is 2.95. The first kappa shape index (κ1) is 6.93. The molecule has 22 heavy (non-hydrogen) atoms. The third kappa shape index (κ3) is 1.28. The number of benzene rings is 1. The van der Waals surface area contributed by atoms with E-state index in [1.807, 2.05) is 0 Å². The predicted molar refractivity (Wildman–Crippen MR) is 82.5 cm³/mol. The van der Waals surface area contributed by atoms with Gasteiger partial charge in [0.1, 0.15) is 12.2 Å². The standard InChI is InChI=1S/C18H21NO3/c1-19-8-7-18-11-4-5-13(20)17(18)22-16-14(21-2)6-3-10(15(16)18)9-12(11)19/h3-6,11-13,17,20H,7-9H2,1-2H3/t11-,12+,13?,17?,18-/m0/s1/i1D3,9D2,11D,12D,17D,20D. The molecule has 0 radical (unpaired) electrons. The zero-order valence-corrected chi connectivity index (χ0v) is 12.0. The quantitative estimate of drug-likeness (QED) is 0.841. The van der Waals surface area contributed by atoms with Gasteiger partial charge in [-0.25, -0.2) is 0 Å². The summed E-state index contributed by atoms with van der Waals surface area (Å²) in [6, 6.07) is 0.240. The summed E-state index contributed by atoms with van der Waals surface area (Å²) in [6.45, 7) is -3.11. The van der Waals surface area contributed by atoms with Crippen LogP contribution in [0.1, 0.15) is 28.5 Å². The maximum Gasteiger partial charge on any atom is 0.211 e. The molecule has 0 amide bonds. The van der Waals surface area contributed by atoms with Crippen LogP contribution in [-0.4, -0.2) is 50.3 Å². The van der Waals surface area contributed by atoms with Crippen molar-refractivity contribution < 1.29 is 25.5 Å². The van der Waals surface area contributed by atoms with Gasteiger partial charge in [-0.05, 0) is 37.9 Å². The first-order valence-electron chi connectivity index (χ1n) is 11.7. The van der Waals surface area contributed by atoms with Gasteiger partial charge in [0.15, 0.2) is 11.5 Å². The fraction of sp³-hybridized carbons (Fsp3) is 0.556. The molecule has 1 aromatic carbocycles. The van der Waals surface area contributed by atoms with Crippen molar-refractivity contribution in [3.63, 3.8) is 0 Å². The van der Waals surface area contributed by atoms with Crippen LogP contribution in [0, 0.1) is 5.89 Å². The highest BCUT2D eigenvalue weighted by atomic mass is 16.5. The number of rotatable bonds is 2. The number of nitrogens with zero attached hydrogens (tertiary/aromatic N) is 1. The summed E-state index contributed by atoms with van der Waals surface area (Å²) in [5, 5.41) is 4.78. The van der Waals surface area contributed by atoms with Crippen molar-refractivity contribution in [3.05, 3.63) is 35.4 Å². The van der Waals surface area contributed by atoms with Gasteiger partial charge in [-0.15, -0.1) is 0 Å². The SMILES string of the molecule is [2H]OC1C=C[C@]2([2H])[C@@]34CCN(C([2H])([2H])[2H])[C@]2([2H])C([2H])([2H])c2ccc(OC)c(c23)OC14[2H]. The van der Waals surface area contributed by atoms with Gasteiger partial charge in [0.25, 0.3) is 0 Å². The van der Waals surface area contributed by atoms with Crippen molar-refractivity contribution >= 4 is 0 Å². The highest BCUT2D eigenvalue weighted by molar-refractivity contribution is 5.62. The number of piperidine rings is 1. The Balaban J connectivity index is 1.97. The Morgan fingerprint density at radius 2 is 2.55 bits per heavy atom. The van der Waals surface area contributed by atoms with Gasteiger partial charge >= 0.3 is 0 Å². The summed E-state index contributed by atoms with van der Waals surface area (Å²) >= 11 is 0. The number of aliphatic hydroxyl groups excluding tert-OH is 1. The number of aliphatic hydroxyl groups is 1. The minimum Gasteiger partial charge on any atom is -0.493 e. The largest absolute Gasteiger partial charge is 0.493 e. The lowest BCUT2D eigenvalue weighted by atomic mass is 9.53. The van der Waals surface area contributed by atoms with Crippen molar-refractivity contribution in [3.8, 4) is 11.5 Å². The summed E-state index contributed by atoms with van der Waals surface area (Å²) in [6.07, 6.45) is -3.58. The molecule has 2 bridgehead atoms. The number of likely N-dealkylation sites (N-methyl/N-ethyl adjacent to an activating group) is 1. The smallest absolute Gasteiger partial charge is 0.211 e. The fourth-order valence-electron chi connectivity index (χ4n) is 4.12. The van der Waals surface area contributed by atoms with E-state index in [4.69, 9.17) is 22.9 Å². The molecule has 0 aromatic heterocycles. The Kier molecular flexibility index (Phi) is 1.28. The topological polar surface area (TPSA) is 41.9 Å². The van der Waals surface area contributed by atoms with Crippen LogP contribution in [0.25, 0.3) is 0 Å². The third-order valence-electron chi connectivity index (χ3n) is 5.05. The third-order valence-corrected chi connectivity index (χ3v) is 5.05. The summed E-state index contributed by atoms with van der Waals surface area (Å²) in [5.41, 5.74) is -1.45. The highest BCUT2D eigenvalue weighted by Crippen LogP contribution is 2.62. The Bertz CT molecular complexity index is 1020. The van der Waals surface area contributed by atoms with E-state index >= 15 is 0 Å². The zero-order chi connectivity index (χ0) is 22.8. The van der Waals surface area contributed by atoms with Gasteiger partial charge in [-0.1, -0.05) is 18.2 Å². The molecule has 1 saturated heterocycles. The van der Waals surface area contributed by atoms with E-state index in [0.29, 0.717) is 0 Å². The van der Waals surface area contributed by atoms with Gasteiger partial charge < -0.3 is 19.5 Å². The van der Waals surface area contributed by atoms with Crippen LogP contribution in [0.15, 0.2) is 24.3 Å². The van der Waals surface area contributed by atoms with Crippen LogP contribution in [0.2, 0.25) is 0 Å². The van der Waals surface area contributed by atoms with Gasteiger partial charge in [-0.3, -0.25) is 0 Å². The molecule has 5 atom stereocenters. The van der Waals surface area contributed by atoms with Crippen LogP contribution in [-0.2, 0) is 11.8 Å². The first-order valence-corrected chi connectivity index (χ1v) is 7.28. The first-order chi connectivity index (χ1) is 14.3. The molecule has 4 aliphatic rings. The molecule has 2 aliphatic heterocycles. The Morgan fingerprint density at radius 3 is 3.36 bits per heavy atom. The van der Waals surface area contributed by atoms with Crippen molar-refractivity contribution in [1.29, 1.82) is 1.43 Å². The fourth-order valence-corrected chi connectivity index (χ4v) is 4.12. The normalized spacial score (nSPS) is 59.9. The molecule has 2 aliphatic carbocycles. The van der Waals surface area contributed by atoms with Crippen molar-refractivity contribution in [2.24, 2.45) is 5.89 Å². The summed E-state index contributed by atoms with van der Waals surface area (Å²) < 4.78 is 88.9. The number of hydrogen-bond acceptors (Lipinski definition) is 4. The van der Waals surface area contributed by atoms with E-state index in [2.05, 4.69) is 0 Å². The minimum absolute atomic E-state index is 0.0109. The van der Waals surface area contributed by atoms with E-state index in [-0.39, 0.29) is 35.6 Å². The molecular weight excluding hydrogens is 278 g/mol. The van der Waals surface area contributed by atoms with Crippen LogP contribution in [0.4, 0.5) is 0 Å². The second kappa shape index (κ2) is 4.06. The lowest BCUT2D eigenvalue weighted by molar-refractivity contribution is -0.0453. The van der Waals surface area contributed by atoms with E-state index in [1.165, 1.54) is 31.4 Å². The molecule has 116 valence electrons. The van der Waals surface area contributed by atoms with Crippen LogP contribution < -0.4 is 9.47 Å². The van der Waals surface area contributed by atoms with Gasteiger partial charge in [-0.2, -0.15) is 0 Å². The molecule has 2 heterocycles. The van der Waals surface area contributed by atoms with Crippen molar-refractivity contribution in [1.82, 2.24) is 4.90 Å². The number of methoxy groups -OCH3 is 1. The molecule has 2 unspecified atom stereocenters. The summed E-state index contributed by atoms with van der Waals surface area (Å²) in [5.74, 6) is -1.94. The van der Waals surface area contributed by atoms with Crippen molar-refractivity contribution in [2.75, 3.05) is 20.6 Å².